The molecule has 0 fully saturated rings. The molecule has 0 amide bonds. The van der Waals surface area contributed by atoms with Crippen molar-refractivity contribution in [2.45, 2.75) is 13.5 Å². The molecule has 24 heavy (non-hydrogen) atoms. The molecule has 0 unspecified atom stereocenters. The second kappa shape index (κ2) is 5.49. The number of aryl methyl sites for hydroxylation is 1. The number of hydrogen-bond acceptors (Lipinski definition) is 2. The first kappa shape index (κ1) is 14.5. The molecule has 0 saturated carbocycles. The fourth-order valence-electron chi connectivity index (χ4n) is 3.27. The largest absolute Gasteiger partial charge is 0.478 e. The summed E-state index contributed by atoms with van der Waals surface area (Å²) in [7, 11) is 0. The molecular formula is C20H16N2O2. The second-order valence-electron chi connectivity index (χ2n) is 5.90. The summed E-state index contributed by atoms with van der Waals surface area (Å²) in [4.78, 5) is 15.5. The summed E-state index contributed by atoms with van der Waals surface area (Å²) in [5.41, 5.74) is 4.64. The van der Waals surface area contributed by atoms with E-state index in [1.807, 2.05) is 37.4 Å². The number of pyridine rings is 1. The number of benzene rings is 2. The highest BCUT2D eigenvalue weighted by molar-refractivity contribution is 6.08. The molecule has 2 heterocycles. The molecule has 0 aliphatic heterocycles. The monoisotopic (exact) mass is 316 g/mol. The van der Waals surface area contributed by atoms with Crippen LogP contribution in [0.5, 0.6) is 0 Å². The van der Waals surface area contributed by atoms with Crippen LogP contribution in [0, 0.1) is 6.92 Å². The number of carboxylic acids is 1. The lowest BCUT2D eigenvalue weighted by Gasteiger charge is -2.09. The minimum Gasteiger partial charge on any atom is -0.478 e. The second-order valence-corrected chi connectivity index (χ2v) is 5.90. The maximum atomic E-state index is 11.0. The number of hydrogen-bond donors (Lipinski definition) is 1. The van der Waals surface area contributed by atoms with Crippen molar-refractivity contribution in [2.75, 3.05) is 0 Å². The van der Waals surface area contributed by atoms with E-state index >= 15 is 0 Å². The molecule has 2 aromatic heterocycles. The van der Waals surface area contributed by atoms with Crippen LogP contribution in [0.2, 0.25) is 0 Å². The minimum atomic E-state index is -0.904. The first-order valence-electron chi connectivity index (χ1n) is 7.80. The molecule has 0 saturated heterocycles. The number of nitrogens with zero attached hydrogens (tertiary/aromatic N) is 2. The van der Waals surface area contributed by atoms with Gasteiger partial charge in [0.15, 0.2) is 0 Å². The molecule has 4 aromatic rings. The Morgan fingerprint density at radius 1 is 1.04 bits per heavy atom. The Morgan fingerprint density at radius 2 is 1.79 bits per heavy atom. The van der Waals surface area contributed by atoms with Crippen LogP contribution < -0.4 is 0 Å². The summed E-state index contributed by atoms with van der Waals surface area (Å²) in [6.07, 6.45) is 1.84. The molecule has 4 rings (SSSR count). The van der Waals surface area contributed by atoms with Crippen LogP contribution in [0.4, 0.5) is 0 Å². The van der Waals surface area contributed by atoms with Crippen molar-refractivity contribution in [3.05, 3.63) is 77.6 Å². The highest BCUT2D eigenvalue weighted by atomic mass is 16.4. The Bertz CT molecular complexity index is 1060. The van der Waals surface area contributed by atoms with E-state index in [0.717, 1.165) is 22.3 Å². The summed E-state index contributed by atoms with van der Waals surface area (Å²) in [6, 6.07) is 17.4. The maximum Gasteiger partial charge on any atom is 0.335 e. The molecule has 0 radical (unpaired) electrons. The predicted molar refractivity (Wildman–Crippen MR) is 94.5 cm³/mol. The molecule has 4 heteroatoms. The molecule has 0 atom stereocenters. The zero-order valence-electron chi connectivity index (χ0n) is 13.2. The molecule has 0 aliphatic carbocycles. The van der Waals surface area contributed by atoms with Crippen LogP contribution in [0.1, 0.15) is 21.6 Å². The molecule has 0 aliphatic rings. The summed E-state index contributed by atoms with van der Waals surface area (Å²) in [5, 5.41) is 11.4. The van der Waals surface area contributed by atoms with E-state index in [0.29, 0.717) is 12.1 Å². The standard InChI is InChI=1S/C20H16N2O2/c1-13-19-17(10-11-21-13)16-4-2-3-5-18(16)22(19)12-14-6-8-15(9-7-14)20(23)24/h2-11H,12H2,1H3,(H,23,24). The van der Waals surface area contributed by atoms with Crippen molar-refractivity contribution in [3.8, 4) is 0 Å². The van der Waals surface area contributed by atoms with Crippen LogP contribution in [0.25, 0.3) is 21.8 Å². The van der Waals surface area contributed by atoms with E-state index in [1.54, 1.807) is 12.1 Å². The lowest BCUT2D eigenvalue weighted by molar-refractivity contribution is 0.0697. The fourth-order valence-corrected chi connectivity index (χ4v) is 3.27. The molecule has 0 bridgehead atoms. The lowest BCUT2D eigenvalue weighted by Crippen LogP contribution is -2.02. The Hall–Kier alpha value is -3.14. The Balaban J connectivity index is 1.90. The maximum absolute atomic E-state index is 11.0. The van der Waals surface area contributed by atoms with Crippen molar-refractivity contribution in [1.29, 1.82) is 0 Å². The van der Waals surface area contributed by atoms with Gasteiger partial charge in [0.25, 0.3) is 0 Å². The van der Waals surface area contributed by atoms with Gasteiger partial charge in [0.05, 0.1) is 16.8 Å². The van der Waals surface area contributed by atoms with Gasteiger partial charge < -0.3 is 9.67 Å². The fraction of sp³-hybridized carbons (Fsp3) is 0.100. The smallest absolute Gasteiger partial charge is 0.335 e. The van der Waals surface area contributed by atoms with Gasteiger partial charge in [-0.2, -0.15) is 0 Å². The van der Waals surface area contributed by atoms with Gasteiger partial charge in [0.1, 0.15) is 0 Å². The van der Waals surface area contributed by atoms with Crippen molar-refractivity contribution in [2.24, 2.45) is 0 Å². The number of aromatic nitrogens is 2. The average molecular weight is 316 g/mol. The molecule has 0 spiro atoms. The predicted octanol–water partition coefficient (Wildman–Crippen LogP) is 4.24. The minimum absolute atomic E-state index is 0.304. The third-order valence-corrected chi connectivity index (χ3v) is 4.40. The number of aromatic carboxylic acids is 1. The van der Waals surface area contributed by atoms with Crippen LogP contribution in [-0.4, -0.2) is 20.6 Å². The Labute approximate surface area is 139 Å². The van der Waals surface area contributed by atoms with E-state index in [-0.39, 0.29) is 0 Å². The lowest BCUT2D eigenvalue weighted by atomic mass is 10.1. The zero-order chi connectivity index (χ0) is 16.7. The van der Waals surface area contributed by atoms with Crippen molar-refractivity contribution < 1.29 is 9.90 Å². The third kappa shape index (κ3) is 2.24. The average Bonchev–Trinajstić information content (AvgIpc) is 2.91. The normalized spacial score (nSPS) is 11.2. The number of para-hydroxylation sites is 1. The molecule has 2 aromatic carbocycles. The Kier molecular flexibility index (Phi) is 3.31. The first-order valence-corrected chi connectivity index (χ1v) is 7.80. The van der Waals surface area contributed by atoms with Gasteiger partial charge in [0, 0.05) is 29.0 Å². The zero-order valence-corrected chi connectivity index (χ0v) is 13.2. The van der Waals surface area contributed by atoms with Crippen molar-refractivity contribution >= 4 is 27.8 Å². The number of rotatable bonds is 3. The molecule has 118 valence electrons. The van der Waals surface area contributed by atoms with E-state index < -0.39 is 5.97 Å². The first-order chi connectivity index (χ1) is 11.6. The van der Waals surface area contributed by atoms with E-state index in [2.05, 4.69) is 27.8 Å². The summed E-state index contributed by atoms with van der Waals surface area (Å²) < 4.78 is 2.25. The van der Waals surface area contributed by atoms with Gasteiger partial charge in [-0.25, -0.2) is 4.79 Å². The topological polar surface area (TPSA) is 55.1 Å². The van der Waals surface area contributed by atoms with Gasteiger partial charge in [-0.1, -0.05) is 30.3 Å². The molecular weight excluding hydrogens is 300 g/mol. The van der Waals surface area contributed by atoms with Gasteiger partial charge in [-0.05, 0) is 36.8 Å². The quantitative estimate of drug-likeness (QED) is 0.615. The van der Waals surface area contributed by atoms with Crippen LogP contribution >= 0.6 is 0 Å². The van der Waals surface area contributed by atoms with Gasteiger partial charge in [-0.15, -0.1) is 0 Å². The van der Waals surface area contributed by atoms with Crippen molar-refractivity contribution in [1.82, 2.24) is 9.55 Å². The highest BCUT2D eigenvalue weighted by Crippen LogP contribution is 2.30. The van der Waals surface area contributed by atoms with E-state index in [9.17, 15) is 4.79 Å². The van der Waals surface area contributed by atoms with Crippen LogP contribution in [0.15, 0.2) is 60.8 Å². The third-order valence-electron chi connectivity index (χ3n) is 4.40. The van der Waals surface area contributed by atoms with Gasteiger partial charge in [-0.3, -0.25) is 4.98 Å². The van der Waals surface area contributed by atoms with Gasteiger partial charge in [0.2, 0.25) is 0 Å². The molecule has 4 nitrogen and oxygen atoms in total. The Morgan fingerprint density at radius 3 is 2.54 bits per heavy atom. The number of fused-ring (bicyclic) bond motifs is 3. The number of carboxylic acid groups (broad SMARTS) is 1. The summed E-state index contributed by atoms with van der Waals surface area (Å²) in [6.45, 7) is 2.70. The highest BCUT2D eigenvalue weighted by Gasteiger charge is 2.13. The van der Waals surface area contributed by atoms with Gasteiger partial charge >= 0.3 is 5.97 Å². The van der Waals surface area contributed by atoms with Crippen molar-refractivity contribution in [3.63, 3.8) is 0 Å². The van der Waals surface area contributed by atoms with E-state index in [4.69, 9.17) is 5.11 Å². The molecule has 1 N–H and O–H groups in total. The number of carbonyl (C=O) groups is 1. The SMILES string of the molecule is Cc1nccc2c3ccccc3n(Cc3ccc(C(=O)O)cc3)c12. The van der Waals surface area contributed by atoms with Crippen LogP contribution in [0.3, 0.4) is 0 Å². The van der Waals surface area contributed by atoms with Crippen LogP contribution in [-0.2, 0) is 6.54 Å². The van der Waals surface area contributed by atoms with E-state index in [1.165, 1.54) is 10.8 Å². The summed E-state index contributed by atoms with van der Waals surface area (Å²) in [5.74, 6) is -0.904. The summed E-state index contributed by atoms with van der Waals surface area (Å²) >= 11 is 0.